The van der Waals surface area contributed by atoms with Gasteiger partial charge in [-0.3, -0.25) is 14.5 Å². The van der Waals surface area contributed by atoms with Crippen LogP contribution in [0.4, 0.5) is 4.39 Å². The number of carbonyl (C=O) groups excluding carboxylic acids is 1. The lowest BCUT2D eigenvalue weighted by molar-refractivity contribution is -0.140. The molecule has 156 valence electrons. The molecular weight excluding hydrogens is 457 g/mol. The Morgan fingerprint density at radius 2 is 2.20 bits per heavy atom. The van der Waals surface area contributed by atoms with Gasteiger partial charge in [-0.2, -0.15) is 9.37 Å². The summed E-state index contributed by atoms with van der Waals surface area (Å²) < 4.78 is 25.1. The Bertz CT molecular complexity index is 1070. The van der Waals surface area contributed by atoms with Crippen LogP contribution in [-0.4, -0.2) is 49.3 Å². The average molecular weight is 470 g/mol. The molecule has 2 heterocycles. The van der Waals surface area contributed by atoms with E-state index in [0.29, 0.717) is 12.2 Å². The van der Waals surface area contributed by atoms with Crippen molar-refractivity contribution in [2.45, 2.75) is 6.92 Å². The van der Waals surface area contributed by atoms with E-state index >= 15 is 0 Å². The maximum atomic E-state index is 13.9. The summed E-state index contributed by atoms with van der Waals surface area (Å²) in [6.07, 6.45) is 2.44. The number of hydrogen-bond donors (Lipinski definition) is 1. The second-order valence-corrected chi connectivity index (χ2v) is 7.71. The fourth-order valence-electron chi connectivity index (χ4n) is 2.40. The summed E-state index contributed by atoms with van der Waals surface area (Å²) in [6, 6.07) is 4.72. The van der Waals surface area contributed by atoms with E-state index in [1.165, 1.54) is 6.07 Å². The van der Waals surface area contributed by atoms with Crippen LogP contribution in [0.15, 0.2) is 29.3 Å². The summed E-state index contributed by atoms with van der Waals surface area (Å²) in [4.78, 5) is 31.8. The van der Waals surface area contributed by atoms with Gasteiger partial charge in [0.25, 0.3) is 11.8 Å². The lowest BCUT2D eigenvalue weighted by Crippen LogP contribution is -2.33. The van der Waals surface area contributed by atoms with Crippen molar-refractivity contribution in [3.8, 4) is 17.4 Å². The number of carboxylic acids is 1. The number of amides is 1. The van der Waals surface area contributed by atoms with Crippen molar-refractivity contribution in [1.29, 1.82) is 0 Å². The van der Waals surface area contributed by atoms with Crippen LogP contribution in [0.1, 0.15) is 12.5 Å². The zero-order chi connectivity index (χ0) is 21.8. The molecule has 1 aliphatic rings. The maximum Gasteiger partial charge on any atom is 0.323 e. The van der Waals surface area contributed by atoms with Crippen molar-refractivity contribution in [3.05, 3.63) is 46.0 Å². The summed E-state index contributed by atoms with van der Waals surface area (Å²) in [5.41, 5.74) is 0.572. The highest BCUT2D eigenvalue weighted by Gasteiger charge is 2.33. The Hall–Kier alpha value is -2.76. The van der Waals surface area contributed by atoms with Gasteiger partial charge in [0, 0.05) is 0 Å². The van der Waals surface area contributed by atoms with Crippen molar-refractivity contribution < 1.29 is 28.6 Å². The molecular formula is C18H13ClFN3O5S2. The smallest absolute Gasteiger partial charge is 0.323 e. The van der Waals surface area contributed by atoms with Crippen LogP contribution in [0.2, 0.25) is 5.28 Å². The number of aliphatic carboxylic acids is 1. The summed E-state index contributed by atoms with van der Waals surface area (Å²) >= 11 is 11.8. The summed E-state index contributed by atoms with van der Waals surface area (Å²) in [5, 5.41) is 8.74. The standard InChI is InChI=1S/C18H13ClFN3O5S2/c1-2-27-12-5-9(6-13-16(26)23(8-14(24)25)18(29)30-13)3-4-11(12)28-15-10(20)7-21-17(19)22-15/h3-7H,2,8H2,1H3,(H,24,25)/b13-6-. The molecule has 12 heteroatoms. The van der Waals surface area contributed by atoms with E-state index in [1.54, 1.807) is 25.1 Å². The van der Waals surface area contributed by atoms with Gasteiger partial charge in [0.15, 0.2) is 11.5 Å². The predicted molar refractivity (Wildman–Crippen MR) is 112 cm³/mol. The fourth-order valence-corrected chi connectivity index (χ4v) is 3.78. The number of carbonyl (C=O) groups is 2. The molecule has 1 aliphatic heterocycles. The molecule has 8 nitrogen and oxygen atoms in total. The fraction of sp³-hybridized carbons (Fsp3) is 0.167. The molecule has 30 heavy (non-hydrogen) atoms. The summed E-state index contributed by atoms with van der Waals surface area (Å²) in [6.45, 7) is 1.55. The number of rotatable bonds is 7. The minimum atomic E-state index is -1.16. The number of benzene rings is 1. The Kier molecular flexibility index (Phi) is 6.85. The van der Waals surface area contributed by atoms with Gasteiger partial charge >= 0.3 is 5.97 Å². The first-order valence-corrected chi connectivity index (χ1v) is 9.98. The monoisotopic (exact) mass is 469 g/mol. The normalized spacial score (nSPS) is 15.0. The first-order valence-electron chi connectivity index (χ1n) is 8.38. The summed E-state index contributed by atoms with van der Waals surface area (Å²) in [5.74, 6) is -2.36. The quantitative estimate of drug-likeness (QED) is 0.369. The van der Waals surface area contributed by atoms with Crippen molar-refractivity contribution in [1.82, 2.24) is 14.9 Å². The van der Waals surface area contributed by atoms with Gasteiger partial charge in [0.2, 0.25) is 11.1 Å². The minimum absolute atomic E-state index is 0.162. The van der Waals surface area contributed by atoms with Crippen molar-refractivity contribution in [3.63, 3.8) is 0 Å². The van der Waals surface area contributed by atoms with Crippen LogP contribution >= 0.6 is 35.6 Å². The number of halogens is 2. The van der Waals surface area contributed by atoms with Gasteiger partial charge in [-0.15, -0.1) is 0 Å². The summed E-state index contributed by atoms with van der Waals surface area (Å²) in [7, 11) is 0. The third-order valence-corrected chi connectivity index (χ3v) is 5.18. The van der Waals surface area contributed by atoms with Crippen LogP contribution in [0.25, 0.3) is 6.08 Å². The lowest BCUT2D eigenvalue weighted by atomic mass is 10.2. The van der Waals surface area contributed by atoms with Crippen LogP contribution in [0.3, 0.4) is 0 Å². The lowest BCUT2D eigenvalue weighted by Gasteiger charge is -2.12. The van der Waals surface area contributed by atoms with Gasteiger partial charge < -0.3 is 14.6 Å². The minimum Gasteiger partial charge on any atom is -0.490 e. The second-order valence-electron chi connectivity index (χ2n) is 5.69. The van der Waals surface area contributed by atoms with E-state index in [4.69, 9.17) is 38.4 Å². The molecule has 0 atom stereocenters. The maximum absolute atomic E-state index is 13.9. The molecule has 1 aromatic carbocycles. The molecule has 0 aliphatic carbocycles. The molecule has 0 unspecified atom stereocenters. The van der Waals surface area contributed by atoms with Gasteiger partial charge in [-0.25, -0.2) is 4.98 Å². The first kappa shape index (κ1) is 21.9. The van der Waals surface area contributed by atoms with Gasteiger partial charge in [-0.05, 0) is 42.3 Å². The van der Waals surface area contributed by atoms with Crippen LogP contribution in [0.5, 0.6) is 17.4 Å². The van der Waals surface area contributed by atoms with E-state index < -0.39 is 24.2 Å². The number of carboxylic acid groups (broad SMARTS) is 1. The van der Waals surface area contributed by atoms with Crippen molar-refractivity contribution in [2.75, 3.05) is 13.2 Å². The highest BCUT2D eigenvalue weighted by atomic mass is 35.5. The molecule has 0 bridgehead atoms. The van der Waals surface area contributed by atoms with Crippen LogP contribution < -0.4 is 9.47 Å². The van der Waals surface area contributed by atoms with Crippen LogP contribution in [-0.2, 0) is 9.59 Å². The molecule has 1 amide bonds. The first-order chi connectivity index (χ1) is 14.3. The third kappa shape index (κ3) is 5.04. The Morgan fingerprint density at radius 1 is 1.43 bits per heavy atom. The van der Waals surface area contributed by atoms with E-state index in [9.17, 15) is 14.0 Å². The van der Waals surface area contributed by atoms with E-state index in [0.717, 1.165) is 22.9 Å². The van der Waals surface area contributed by atoms with Crippen molar-refractivity contribution >= 4 is 57.9 Å². The molecule has 1 fully saturated rings. The molecule has 0 radical (unpaired) electrons. The molecule has 0 saturated carbocycles. The van der Waals surface area contributed by atoms with E-state index in [2.05, 4.69) is 9.97 Å². The molecule has 1 aromatic heterocycles. The molecule has 3 rings (SSSR count). The Labute approximate surface area is 184 Å². The van der Waals surface area contributed by atoms with E-state index in [-0.39, 0.29) is 31.9 Å². The molecule has 1 saturated heterocycles. The number of nitrogens with zero attached hydrogens (tertiary/aromatic N) is 3. The SMILES string of the molecule is CCOc1cc(/C=C2\SC(=S)N(CC(=O)O)C2=O)ccc1Oc1nc(Cl)ncc1F. The zero-order valence-corrected chi connectivity index (χ0v) is 17.7. The van der Waals surface area contributed by atoms with Crippen LogP contribution in [0, 0.1) is 5.82 Å². The largest absolute Gasteiger partial charge is 0.490 e. The number of thioether (sulfide) groups is 1. The number of hydrogen-bond acceptors (Lipinski definition) is 8. The van der Waals surface area contributed by atoms with Gasteiger partial charge in [0.1, 0.15) is 10.9 Å². The topological polar surface area (TPSA) is 102 Å². The predicted octanol–water partition coefficient (Wildman–Crippen LogP) is 3.75. The average Bonchev–Trinajstić information content (AvgIpc) is 2.94. The van der Waals surface area contributed by atoms with E-state index in [1.807, 2.05) is 0 Å². The Balaban J connectivity index is 1.89. The Morgan fingerprint density at radius 3 is 2.90 bits per heavy atom. The van der Waals surface area contributed by atoms with Gasteiger partial charge in [-0.1, -0.05) is 30.0 Å². The molecule has 2 aromatic rings. The zero-order valence-electron chi connectivity index (χ0n) is 15.3. The molecule has 0 spiro atoms. The number of aromatic nitrogens is 2. The van der Waals surface area contributed by atoms with Gasteiger partial charge in [0.05, 0.1) is 17.7 Å². The number of thiocarbonyl (C=S) groups is 1. The molecule has 1 N–H and O–H groups in total. The highest BCUT2D eigenvalue weighted by molar-refractivity contribution is 8.26. The second kappa shape index (κ2) is 9.37. The highest BCUT2D eigenvalue weighted by Crippen LogP contribution is 2.36. The third-order valence-electron chi connectivity index (χ3n) is 3.62. The van der Waals surface area contributed by atoms with Crippen molar-refractivity contribution in [2.24, 2.45) is 0 Å². The number of ether oxygens (including phenoxy) is 2.